The zero-order valence-corrected chi connectivity index (χ0v) is 16.8. The highest BCUT2D eigenvalue weighted by molar-refractivity contribution is 5.85. The zero-order valence-electron chi connectivity index (χ0n) is 16.0. The molecule has 1 aromatic rings. The van der Waals surface area contributed by atoms with Gasteiger partial charge in [-0.3, -0.25) is 4.79 Å². The number of halogens is 1. The summed E-state index contributed by atoms with van der Waals surface area (Å²) in [6.07, 6.45) is 2.59. The molecule has 1 heterocycles. The Hall–Kier alpha value is -1.26. The van der Waals surface area contributed by atoms with Gasteiger partial charge < -0.3 is 15.0 Å². The van der Waals surface area contributed by atoms with Crippen LogP contribution in [0.2, 0.25) is 0 Å². The molecule has 1 amide bonds. The molecule has 1 aromatic carbocycles. The van der Waals surface area contributed by atoms with E-state index in [1.165, 1.54) is 5.56 Å². The third-order valence-electron chi connectivity index (χ3n) is 4.68. The van der Waals surface area contributed by atoms with E-state index in [0.29, 0.717) is 12.0 Å². The molecule has 0 aliphatic carbocycles. The number of hydrogen-bond acceptors (Lipinski definition) is 3. The van der Waals surface area contributed by atoms with Gasteiger partial charge in [0.1, 0.15) is 5.75 Å². The maximum Gasteiger partial charge on any atom is 0.263 e. The quantitative estimate of drug-likeness (QED) is 0.791. The van der Waals surface area contributed by atoms with E-state index in [-0.39, 0.29) is 18.3 Å². The van der Waals surface area contributed by atoms with Gasteiger partial charge in [0.2, 0.25) is 0 Å². The number of carbonyl (C=O) groups is 1. The molecule has 1 aliphatic rings. The van der Waals surface area contributed by atoms with E-state index in [1.807, 2.05) is 30.0 Å². The first kappa shape index (κ1) is 21.8. The number of ether oxygens (including phenoxy) is 1. The summed E-state index contributed by atoms with van der Waals surface area (Å²) in [4.78, 5) is 15.0. The van der Waals surface area contributed by atoms with Crippen molar-refractivity contribution in [2.45, 2.75) is 65.0 Å². The van der Waals surface area contributed by atoms with Gasteiger partial charge >= 0.3 is 0 Å². The summed E-state index contributed by atoms with van der Waals surface area (Å²) in [5.74, 6) is 1.34. The molecule has 1 atom stereocenters. The van der Waals surface area contributed by atoms with Gasteiger partial charge in [-0.2, -0.15) is 0 Å². The van der Waals surface area contributed by atoms with E-state index in [1.54, 1.807) is 0 Å². The first-order valence-electron chi connectivity index (χ1n) is 9.30. The Morgan fingerprint density at radius 1 is 1.28 bits per heavy atom. The molecular weight excluding hydrogens is 336 g/mol. The van der Waals surface area contributed by atoms with Crippen LogP contribution in [-0.2, 0) is 4.79 Å². The van der Waals surface area contributed by atoms with Crippen LogP contribution >= 0.6 is 12.4 Å². The van der Waals surface area contributed by atoms with Crippen LogP contribution < -0.4 is 10.1 Å². The first-order chi connectivity index (χ1) is 11.5. The maximum atomic E-state index is 12.9. The number of benzene rings is 1. The molecule has 142 valence electrons. The molecule has 4 nitrogen and oxygen atoms in total. The standard InChI is InChI=1S/C20H32N2O2.ClH/c1-5-13-22(18-9-11-21-12-10-18)20(23)16(4)24-19-8-6-7-17(14-19)15(2)3;/h6-8,14-16,18,21H,5,9-13H2,1-4H3;1H. The highest BCUT2D eigenvalue weighted by Crippen LogP contribution is 2.22. The summed E-state index contributed by atoms with van der Waals surface area (Å²) in [5, 5.41) is 3.37. The van der Waals surface area contributed by atoms with Crippen LogP contribution in [0.25, 0.3) is 0 Å². The lowest BCUT2D eigenvalue weighted by Crippen LogP contribution is -2.50. The SMILES string of the molecule is CCCN(C(=O)C(C)Oc1cccc(C(C)C)c1)C1CCNCC1.Cl. The lowest BCUT2D eigenvalue weighted by Gasteiger charge is -2.36. The van der Waals surface area contributed by atoms with Gasteiger partial charge in [-0.15, -0.1) is 12.4 Å². The molecule has 1 fully saturated rings. The smallest absolute Gasteiger partial charge is 0.263 e. The van der Waals surface area contributed by atoms with Crippen molar-refractivity contribution in [3.63, 3.8) is 0 Å². The van der Waals surface area contributed by atoms with E-state index in [0.717, 1.165) is 44.6 Å². The molecular formula is C20H33ClN2O2. The topological polar surface area (TPSA) is 41.6 Å². The monoisotopic (exact) mass is 368 g/mol. The molecule has 0 spiro atoms. The fourth-order valence-electron chi connectivity index (χ4n) is 3.27. The molecule has 2 rings (SSSR count). The molecule has 25 heavy (non-hydrogen) atoms. The number of amides is 1. The minimum atomic E-state index is -0.450. The number of hydrogen-bond donors (Lipinski definition) is 1. The van der Waals surface area contributed by atoms with Gasteiger partial charge in [-0.1, -0.05) is 32.9 Å². The number of piperidine rings is 1. The Bertz CT molecular complexity index is 530. The summed E-state index contributed by atoms with van der Waals surface area (Å²) in [5.41, 5.74) is 1.23. The van der Waals surface area contributed by atoms with Crippen LogP contribution in [0.15, 0.2) is 24.3 Å². The summed E-state index contributed by atoms with van der Waals surface area (Å²) in [6, 6.07) is 8.42. The van der Waals surface area contributed by atoms with Crippen LogP contribution in [0.3, 0.4) is 0 Å². The highest BCUT2D eigenvalue weighted by atomic mass is 35.5. The Morgan fingerprint density at radius 3 is 2.56 bits per heavy atom. The molecule has 5 heteroatoms. The molecule has 0 bridgehead atoms. The molecule has 1 aliphatic heterocycles. The normalized spacial score (nSPS) is 16.2. The van der Waals surface area contributed by atoms with Crippen molar-refractivity contribution in [2.75, 3.05) is 19.6 Å². The predicted octanol–water partition coefficient (Wildman–Crippen LogP) is 3.99. The molecule has 0 saturated carbocycles. The largest absolute Gasteiger partial charge is 0.481 e. The fraction of sp³-hybridized carbons (Fsp3) is 0.650. The zero-order chi connectivity index (χ0) is 17.5. The average molecular weight is 369 g/mol. The molecule has 1 saturated heterocycles. The van der Waals surface area contributed by atoms with Crippen LogP contribution in [0.1, 0.15) is 58.4 Å². The maximum absolute atomic E-state index is 12.9. The summed E-state index contributed by atoms with van der Waals surface area (Å²) < 4.78 is 5.98. The van der Waals surface area contributed by atoms with E-state index in [4.69, 9.17) is 4.74 Å². The van der Waals surface area contributed by atoms with Crippen LogP contribution in [0, 0.1) is 0 Å². The van der Waals surface area contributed by atoms with Gasteiger partial charge in [-0.25, -0.2) is 0 Å². The fourth-order valence-corrected chi connectivity index (χ4v) is 3.27. The Kier molecular flexibility index (Phi) is 9.30. The highest BCUT2D eigenvalue weighted by Gasteiger charge is 2.28. The van der Waals surface area contributed by atoms with E-state index < -0.39 is 6.10 Å². The van der Waals surface area contributed by atoms with Crippen molar-refractivity contribution < 1.29 is 9.53 Å². The van der Waals surface area contributed by atoms with Crippen LogP contribution in [0.4, 0.5) is 0 Å². The molecule has 1 unspecified atom stereocenters. The second-order valence-corrected chi connectivity index (χ2v) is 7.00. The number of nitrogens with one attached hydrogen (secondary N) is 1. The third kappa shape index (κ3) is 6.19. The lowest BCUT2D eigenvalue weighted by atomic mass is 10.0. The summed E-state index contributed by atoms with van der Waals surface area (Å²) in [7, 11) is 0. The summed E-state index contributed by atoms with van der Waals surface area (Å²) >= 11 is 0. The molecule has 0 aromatic heterocycles. The van der Waals surface area contributed by atoms with Crippen molar-refractivity contribution in [2.24, 2.45) is 0 Å². The second kappa shape index (κ2) is 10.7. The van der Waals surface area contributed by atoms with E-state index in [2.05, 4.69) is 32.2 Å². The first-order valence-corrected chi connectivity index (χ1v) is 9.30. The van der Waals surface area contributed by atoms with Crippen molar-refractivity contribution in [1.29, 1.82) is 0 Å². The average Bonchev–Trinajstić information content (AvgIpc) is 2.60. The predicted molar refractivity (Wildman–Crippen MR) is 106 cm³/mol. The van der Waals surface area contributed by atoms with Crippen molar-refractivity contribution >= 4 is 18.3 Å². The van der Waals surface area contributed by atoms with Crippen LogP contribution in [-0.4, -0.2) is 42.6 Å². The Labute approximate surface area is 158 Å². The van der Waals surface area contributed by atoms with E-state index >= 15 is 0 Å². The minimum Gasteiger partial charge on any atom is -0.481 e. The van der Waals surface area contributed by atoms with Gasteiger partial charge in [0.05, 0.1) is 0 Å². The minimum absolute atomic E-state index is 0. The number of nitrogens with zero attached hydrogens (tertiary/aromatic N) is 1. The third-order valence-corrected chi connectivity index (χ3v) is 4.68. The van der Waals surface area contributed by atoms with E-state index in [9.17, 15) is 4.79 Å². The van der Waals surface area contributed by atoms with Crippen molar-refractivity contribution in [3.8, 4) is 5.75 Å². The number of carbonyl (C=O) groups excluding carboxylic acids is 1. The second-order valence-electron chi connectivity index (χ2n) is 7.00. The number of rotatable bonds is 7. The van der Waals surface area contributed by atoms with Gasteiger partial charge in [-0.05, 0) is 62.9 Å². The van der Waals surface area contributed by atoms with Gasteiger partial charge in [0.15, 0.2) is 6.10 Å². The lowest BCUT2D eigenvalue weighted by molar-refractivity contribution is -0.141. The summed E-state index contributed by atoms with van der Waals surface area (Å²) in [6.45, 7) is 11.1. The van der Waals surface area contributed by atoms with Crippen molar-refractivity contribution in [1.82, 2.24) is 10.2 Å². The van der Waals surface area contributed by atoms with Gasteiger partial charge in [0, 0.05) is 12.6 Å². The van der Waals surface area contributed by atoms with Crippen molar-refractivity contribution in [3.05, 3.63) is 29.8 Å². The van der Waals surface area contributed by atoms with Crippen LogP contribution in [0.5, 0.6) is 5.75 Å². The van der Waals surface area contributed by atoms with Gasteiger partial charge in [0.25, 0.3) is 5.91 Å². The molecule has 1 N–H and O–H groups in total. The Morgan fingerprint density at radius 2 is 1.96 bits per heavy atom. The Balaban J connectivity index is 0.00000312. The molecule has 0 radical (unpaired) electrons.